The zero-order chi connectivity index (χ0) is 27.6. The number of hydrogen-bond acceptors (Lipinski definition) is 8. The zero-order valence-electron chi connectivity index (χ0n) is 22.0. The van der Waals surface area contributed by atoms with Crippen LogP contribution in [-0.4, -0.2) is 75.2 Å². The third-order valence-corrected chi connectivity index (χ3v) is 5.22. The van der Waals surface area contributed by atoms with Crippen molar-refractivity contribution in [3.8, 4) is 0 Å². The largest absolute Gasteiger partial charge is 0.377 e. The van der Waals surface area contributed by atoms with Gasteiger partial charge in [-0.2, -0.15) is 0 Å². The van der Waals surface area contributed by atoms with Gasteiger partial charge in [0.15, 0.2) is 0 Å². The van der Waals surface area contributed by atoms with Crippen molar-refractivity contribution in [2.45, 2.75) is 78.1 Å². The lowest BCUT2D eigenvalue weighted by Crippen LogP contribution is -2.52. The number of nitrogens with one attached hydrogen (secondary N) is 3. The fourth-order valence-electron chi connectivity index (χ4n) is 3.22. The molecule has 0 spiro atoms. The number of rotatable bonds is 18. The van der Waals surface area contributed by atoms with Gasteiger partial charge in [-0.3, -0.25) is 24.4 Å². The summed E-state index contributed by atoms with van der Waals surface area (Å²) in [5.41, 5.74) is 5.81. The highest BCUT2D eigenvalue weighted by Gasteiger charge is 2.24. The fourth-order valence-corrected chi connectivity index (χ4v) is 3.22. The summed E-state index contributed by atoms with van der Waals surface area (Å²) >= 11 is 0. The van der Waals surface area contributed by atoms with Gasteiger partial charge in [-0.1, -0.05) is 39.0 Å². The number of amides is 3. The Hall–Kier alpha value is -3.45. The number of carbonyl (C=O) groups is 3. The first-order chi connectivity index (χ1) is 17.7. The quantitative estimate of drug-likeness (QED) is 0.0783. The maximum atomic E-state index is 12.5. The zero-order valence-corrected chi connectivity index (χ0v) is 22.0. The van der Waals surface area contributed by atoms with Gasteiger partial charge in [-0.05, 0) is 18.8 Å². The van der Waals surface area contributed by atoms with Crippen molar-refractivity contribution in [1.82, 2.24) is 30.9 Å². The number of nitrogens with two attached hydrogens (primary N) is 1. The van der Waals surface area contributed by atoms with Crippen molar-refractivity contribution in [2.75, 3.05) is 13.1 Å². The maximum Gasteiger partial charge on any atom is 0.242 e. The highest BCUT2D eigenvalue weighted by atomic mass is 16.3. The van der Waals surface area contributed by atoms with Gasteiger partial charge in [-0.25, -0.2) is 9.98 Å². The molecule has 13 heteroatoms. The summed E-state index contributed by atoms with van der Waals surface area (Å²) in [6.07, 6.45) is 7.88. The fraction of sp³-hybridized carbons (Fsp3) is 0.625. The van der Waals surface area contributed by atoms with Gasteiger partial charge in [0, 0.05) is 44.4 Å². The molecule has 206 valence electrons. The number of nitrogens with zero attached hydrogens (tertiary/aromatic N) is 5. The van der Waals surface area contributed by atoms with E-state index in [9.17, 15) is 19.5 Å². The highest BCUT2D eigenvalue weighted by Crippen LogP contribution is 2.06. The predicted octanol–water partition coefficient (Wildman–Crippen LogP) is 0.0541. The van der Waals surface area contributed by atoms with E-state index in [1.54, 1.807) is 10.9 Å². The van der Waals surface area contributed by atoms with Crippen LogP contribution < -0.4 is 21.7 Å². The Morgan fingerprint density at radius 1 is 1.27 bits per heavy atom. The molecule has 1 rings (SSSR count). The molecule has 0 saturated carbocycles. The van der Waals surface area contributed by atoms with E-state index in [1.807, 2.05) is 27.0 Å². The van der Waals surface area contributed by atoms with Crippen molar-refractivity contribution in [3.05, 3.63) is 24.7 Å². The minimum Gasteiger partial charge on any atom is -0.377 e. The lowest BCUT2D eigenvalue weighted by Gasteiger charge is -2.22. The van der Waals surface area contributed by atoms with Crippen LogP contribution >= 0.6 is 0 Å². The number of aryl methyl sites for hydroxylation is 1. The van der Waals surface area contributed by atoms with E-state index in [0.29, 0.717) is 31.6 Å². The minimum atomic E-state index is -1.13. The van der Waals surface area contributed by atoms with E-state index >= 15 is 0 Å². The molecule has 0 aliphatic rings. The summed E-state index contributed by atoms with van der Waals surface area (Å²) in [4.78, 5) is 43.9. The van der Waals surface area contributed by atoms with E-state index in [1.165, 1.54) is 6.20 Å². The number of aliphatic hydroxyl groups excluding tert-OH is 1. The van der Waals surface area contributed by atoms with E-state index in [4.69, 9.17) is 5.73 Å². The van der Waals surface area contributed by atoms with Crippen LogP contribution in [0.25, 0.3) is 0 Å². The monoisotopic (exact) mass is 519 g/mol. The third-order valence-electron chi connectivity index (χ3n) is 5.22. The highest BCUT2D eigenvalue weighted by molar-refractivity contribution is 5.90. The Morgan fingerprint density at radius 3 is 2.68 bits per heavy atom. The van der Waals surface area contributed by atoms with Gasteiger partial charge in [0.1, 0.15) is 18.1 Å². The van der Waals surface area contributed by atoms with Gasteiger partial charge < -0.3 is 21.5 Å². The van der Waals surface area contributed by atoms with E-state index in [2.05, 4.69) is 42.8 Å². The number of carbonyl (C=O) groups excluding carboxylic acids is 3. The standard InChI is InChI=1S/C24H41N9O4/c1-5-20(26-6-2)27-12-11-18-16-33(32-31-18)13-9-7-8-10-21(35)30-23(17(3)4)24(37)29-15-22(36)28-14-19(25)34/h6,12,16-17,22-23,28,36H,2,5,7-11,13-15H2,1,3-4H3,(H2,25,34)(H,29,37)(H,30,35)/b26-20-,27-12-/t22?,23-/m0/s1. The predicted molar refractivity (Wildman–Crippen MR) is 142 cm³/mol. The van der Waals surface area contributed by atoms with Gasteiger partial charge in [0.25, 0.3) is 0 Å². The van der Waals surface area contributed by atoms with Crippen LogP contribution in [0.4, 0.5) is 0 Å². The summed E-state index contributed by atoms with van der Waals surface area (Å²) in [6, 6.07) is -0.732. The van der Waals surface area contributed by atoms with Crippen LogP contribution in [0.1, 0.15) is 58.6 Å². The summed E-state index contributed by atoms with van der Waals surface area (Å²) in [6.45, 7) is 9.55. The molecule has 0 radical (unpaired) electrons. The Morgan fingerprint density at radius 2 is 2.03 bits per heavy atom. The minimum absolute atomic E-state index is 0.120. The van der Waals surface area contributed by atoms with Crippen LogP contribution in [0.15, 0.2) is 29.0 Å². The SMILES string of the molecule is C=C/N=C(CC)\N=C/Cc1cn(CCCCCC(=O)N[C@H](C(=O)NCC(O)NCC(N)=O)C(C)C)nn1. The van der Waals surface area contributed by atoms with Crippen molar-refractivity contribution in [2.24, 2.45) is 21.6 Å². The maximum absolute atomic E-state index is 12.5. The molecule has 0 bridgehead atoms. The number of aliphatic imine (C=N–C) groups is 2. The number of hydrogen-bond donors (Lipinski definition) is 5. The van der Waals surface area contributed by atoms with Crippen molar-refractivity contribution < 1.29 is 19.5 Å². The van der Waals surface area contributed by atoms with Crippen LogP contribution in [0.2, 0.25) is 0 Å². The molecule has 1 aromatic heterocycles. The van der Waals surface area contributed by atoms with Crippen LogP contribution in [0.3, 0.4) is 0 Å². The first-order valence-corrected chi connectivity index (χ1v) is 12.5. The molecule has 1 aromatic rings. The van der Waals surface area contributed by atoms with Crippen molar-refractivity contribution >= 4 is 29.8 Å². The molecular weight excluding hydrogens is 478 g/mol. The number of amidine groups is 1. The smallest absolute Gasteiger partial charge is 0.242 e. The van der Waals surface area contributed by atoms with Gasteiger partial charge >= 0.3 is 0 Å². The summed E-state index contributed by atoms with van der Waals surface area (Å²) < 4.78 is 1.77. The van der Waals surface area contributed by atoms with E-state index in [0.717, 1.165) is 25.0 Å². The number of aliphatic hydroxyl groups is 1. The topological polar surface area (TPSA) is 189 Å². The summed E-state index contributed by atoms with van der Waals surface area (Å²) in [5, 5.41) is 25.8. The van der Waals surface area contributed by atoms with Crippen LogP contribution in [0.5, 0.6) is 0 Å². The first kappa shape index (κ1) is 31.6. The molecule has 0 saturated heterocycles. The molecule has 1 unspecified atom stereocenters. The molecule has 37 heavy (non-hydrogen) atoms. The Labute approximate surface area is 218 Å². The lowest BCUT2D eigenvalue weighted by atomic mass is 10.0. The van der Waals surface area contributed by atoms with Gasteiger partial charge in [0.2, 0.25) is 17.7 Å². The average Bonchev–Trinajstić information content (AvgIpc) is 3.31. The molecular formula is C24H41N9O4. The second-order valence-corrected chi connectivity index (χ2v) is 8.78. The average molecular weight is 520 g/mol. The molecule has 0 aliphatic heterocycles. The van der Waals surface area contributed by atoms with Gasteiger partial charge in [0.05, 0.1) is 18.8 Å². The lowest BCUT2D eigenvalue weighted by molar-refractivity contribution is -0.130. The molecule has 13 nitrogen and oxygen atoms in total. The molecule has 0 aliphatic carbocycles. The summed E-state index contributed by atoms with van der Waals surface area (Å²) in [5.74, 6) is -0.677. The number of unbranched alkanes of at least 4 members (excludes halogenated alkanes) is 2. The van der Waals surface area contributed by atoms with E-state index < -0.39 is 24.1 Å². The van der Waals surface area contributed by atoms with Crippen molar-refractivity contribution in [3.63, 3.8) is 0 Å². The van der Waals surface area contributed by atoms with Crippen LogP contribution in [0, 0.1) is 5.92 Å². The summed E-state index contributed by atoms with van der Waals surface area (Å²) in [7, 11) is 0. The Kier molecular flexibility index (Phi) is 15.3. The molecule has 3 amide bonds. The Balaban J connectivity index is 2.33. The van der Waals surface area contributed by atoms with Crippen LogP contribution in [-0.2, 0) is 27.3 Å². The normalized spacial score (nSPS) is 13.5. The van der Waals surface area contributed by atoms with E-state index in [-0.39, 0.29) is 24.9 Å². The second kappa shape index (κ2) is 17.9. The molecule has 2 atom stereocenters. The van der Waals surface area contributed by atoms with Gasteiger partial charge in [-0.15, -0.1) is 5.10 Å². The first-order valence-electron chi connectivity index (χ1n) is 12.5. The number of aromatic nitrogens is 3. The third kappa shape index (κ3) is 14.0. The molecule has 6 N–H and O–H groups in total. The molecule has 0 fully saturated rings. The number of primary amides is 1. The second-order valence-electron chi connectivity index (χ2n) is 8.78. The Bertz CT molecular complexity index is 927. The molecule has 0 aromatic carbocycles. The molecule has 1 heterocycles. The van der Waals surface area contributed by atoms with Crippen molar-refractivity contribution in [1.29, 1.82) is 0 Å².